The highest BCUT2D eigenvalue weighted by Gasteiger charge is 2.33. The zero-order valence-electron chi connectivity index (χ0n) is 12.1. The average Bonchev–Trinajstić information content (AvgIpc) is 3.05. The SMILES string of the molecule is Cc1nc(C(=O)N[C@@H]2C[C@@H]3CCN(C3)C2)cc2ccsc12. The van der Waals surface area contributed by atoms with Crippen molar-refractivity contribution in [1.82, 2.24) is 15.2 Å². The highest BCUT2D eigenvalue weighted by Crippen LogP contribution is 2.27. The van der Waals surface area contributed by atoms with Gasteiger partial charge in [-0.3, -0.25) is 4.79 Å². The molecule has 1 amide bonds. The van der Waals surface area contributed by atoms with Crippen LogP contribution in [0, 0.1) is 12.8 Å². The molecule has 1 N–H and O–H groups in total. The number of aryl methyl sites for hydroxylation is 1. The van der Waals surface area contributed by atoms with Crippen LogP contribution in [0.1, 0.15) is 29.0 Å². The highest BCUT2D eigenvalue weighted by molar-refractivity contribution is 7.17. The van der Waals surface area contributed by atoms with Crippen molar-refractivity contribution < 1.29 is 4.79 Å². The minimum Gasteiger partial charge on any atom is -0.347 e. The molecule has 0 radical (unpaired) electrons. The fourth-order valence-electron chi connectivity index (χ4n) is 3.68. The van der Waals surface area contributed by atoms with Gasteiger partial charge in [-0.15, -0.1) is 11.3 Å². The van der Waals surface area contributed by atoms with E-state index in [-0.39, 0.29) is 11.9 Å². The third kappa shape index (κ3) is 2.45. The molecule has 0 aliphatic carbocycles. The third-order valence-corrected chi connectivity index (χ3v) is 5.68. The highest BCUT2D eigenvalue weighted by atomic mass is 32.1. The lowest BCUT2D eigenvalue weighted by Crippen LogP contribution is -2.47. The van der Waals surface area contributed by atoms with Crippen LogP contribution in [0.15, 0.2) is 17.5 Å². The first-order valence-electron chi connectivity index (χ1n) is 7.57. The minimum atomic E-state index is -0.0290. The number of rotatable bonds is 2. The molecule has 21 heavy (non-hydrogen) atoms. The number of fused-ring (bicyclic) bond motifs is 3. The number of nitrogens with one attached hydrogen (secondary N) is 1. The monoisotopic (exact) mass is 301 g/mol. The second kappa shape index (κ2) is 5.07. The smallest absolute Gasteiger partial charge is 0.270 e. The van der Waals surface area contributed by atoms with Gasteiger partial charge in [0.1, 0.15) is 5.69 Å². The first-order chi connectivity index (χ1) is 10.2. The molecule has 1 unspecified atom stereocenters. The van der Waals surface area contributed by atoms with E-state index in [4.69, 9.17) is 0 Å². The Bertz CT molecular complexity index is 684. The van der Waals surface area contributed by atoms with Crippen molar-refractivity contribution in [3.05, 3.63) is 28.9 Å². The van der Waals surface area contributed by atoms with E-state index in [0.29, 0.717) is 5.69 Å². The number of carbonyl (C=O) groups is 1. The van der Waals surface area contributed by atoms with Crippen LogP contribution in [0.3, 0.4) is 0 Å². The Morgan fingerprint density at radius 2 is 2.38 bits per heavy atom. The first kappa shape index (κ1) is 13.2. The van der Waals surface area contributed by atoms with E-state index >= 15 is 0 Å². The fraction of sp³-hybridized carbons (Fsp3) is 0.500. The second-order valence-corrected chi connectivity index (χ2v) is 7.17. The molecule has 3 atom stereocenters. The lowest BCUT2D eigenvalue weighted by Gasteiger charge is -2.30. The molecule has 2 aromatic heterocycles. The Morgan fingerprint density at radius 3 is 3.24 bits per heavy atom. The zero-order chi connectivity index (χ0) is 14.4. The molecule has 2 saturated heterocycles. The van der Waals surface area contributed by atoms with Gasteiger partial charge in [0, 0.05) is 19.1 Å². The third-order valence-electron chi connectivity index (χ3n) is 4.64. The van der Waals surface area contributed by atoms with Crippen molar-refractivity contribution in [2.45, 2.75) is 25.8 Å². The van der Waals surface area contributed by atoms with Gasteiger partial charge >= 0.3 is 0 Å². The molecular formula is C16H19N3OS. The summed E-state index contributed by atoms with van der Waals surface area (Å²) >= 11 is 1.68. The van der Waals surface area contributed by atoms with Crippen molar-refractivity contribution >= 4 is 27.3 Å². The minimum absolute atomic E-state index is 0.0290. The Kier molecular flexibility index (Phi) is 3.19. The molecule has 4 nitrogen and oxygen atoms in total. The molecule has 2 aliphatic rings. The number of piperidine rings is 1. The van der Waals surface area contributed by atoms with Crippen LogP contribution < -0.4 is 5.32 Å². The van der Waals surface area contributed by atoms with Gasteiger partial charge < -0.3 is 10.2 Å². The van der Waals surface area contributed by atoms with E-state index in [2.05, 4.69) is 21.3 Å². The normalized spacial score (nSPS) is 28.0. The van der Waals surface area contributed by atoms with E-state index in [1.807, 2.05) is 18.4 Å². The van der Waals surface area contributed by atoms with E-state index in [9.17, 15) is 4.79 Å². The van der Waals surface area contributed by atoms with E-state index in [1.54, 1.807) is 11.3 Å². The standard InChI is InChI=1S/C16H19N3OS/c1-10-15-12(3-5-21-15)7-14(17-10)16(20)18-13-6-11-2-4-19(8-11)9-13/h3,5,7,11,13H,2,4,6,8-9H2,1H3,(H,18,20)/t11-,13+/m0/s1. The van der Waals surface area contributed by atoms with Gasteiger partial charge in [0.25, 0.3) is 5.91 Å². The predicted octanol–water partition coefficient (Wildman–Crippen LogP) is 2.43. The van der Waals surface area contributed by atoms with Gasteiger partial charge in [0.15, 0.2) is 0 Å². The number of amides is 1. The number of aromatic nitrogens is 1. The summed E-state index contributed by atoms with van der Waals surface area (Å²) in [6.45, 7) is 5.37. The van der Waals surface area contributed by atoms with Gasteiger partial charge in [0.05, 0.1) is 10.4 Å². The quantitative estimate of drug-likeness (QED) is 0.926. The maximum absolute atomic E-state index is 12.5. The molecule has 2 aromatic rings. The summed E-state index contributed by atoms with van der Waals surface area (Å²) in [6.07, 6.45) is 2.40. The zero-order valence-corrected chi connectivity index (χ0v) is 12.9. The van der Waals surface area contributed by atoms with E-state index in [1.165, 1.54) is 24.2 Å². The summed E-state index contributed by atoms with van der Waals surface area (Å²) in [5.41, 5.74) is 1.49. The maximum Gasteiger partial charge on any atom is 0.270 e. The Labute approximate surface area is 128 Å². The van der Waals surface area contributed by atoms with Crippen LogP contribution in [0.2, 0.25) is 0 Å². The summed E-state index contributed by atoms with van der Waals surface area (Å²) in [4.78, 5) is 19.4. The van der Waals surface area contributed by atoms with Crippen LogP contribution in [-0.4, -0.2) is 41.5 Å². The largest absolute Gasteiger partial charge is 0.347 e. The lowest BCUT2D eigenvalue weighted by molar-refractivity contribution is 0.0904. The average molecular weight is 301 g/mol. The van der Waals surface area contributed by atoms with Crippen LogP contribution in [-0.2, 0) is 0 Å². The maximum atomic E-state index is 12.5. The topological polar surface area (TPSA) is 45.2 Å². The molecule has 0 aromatic carbocycles. The molecule has 4 rings (SSSR count). The van der Waals surface area contributed by atoms with Crippen LogP contribution in [0.25, 0.3) is 10.1 Å². The summed E-state index contributed by atoms with van der Waals surface area (Å²) < 4.78 is 1.17. The van der Waals surface area contributed by atoms with Crippen molar-refractivity contribution in [3.8, 4) is 0 Å². The molecule has 5 heteroatoms. The van der Waals surface area contributed by atoms with Crippen LogP contribution in [0.5, 0.6) is 0 Å². The summed E-state index contributed by atoms with van der Waals surface area (Å²) in [7, 11) is 0. The lowest BCUT2D eigenvalue weighted by atomic mass is 9.97. The molecule has 4 heterocycles. The van der Waals surface area contributed by atoms with E-state index < -0.39 is 0 Å². The summed E-state index contributed by atoms with van der Waals surface area (Å²) in [5.74, 6) is 0.733. The van der Waals surface area contributed by atoms with Crippen molar-refractivity contribution in [2.24, 2.45) is 5.92 Å². The van der Waals surface area contributed by atoms with Crippen LogP contribution in [0.4, 0.5) is 0 Å². The van der Waals surface area contributed by atoms with Gasteiger partial charge in [-0.05, 0) is 55.1 Å². The molecule has 0 saturated carbocycles. The molecule has 110 valence electrons. The first-order valence-corrected chi connectivity index (χ1v) is 8.45. The van der Waals surface area contributed by atoms with Crippen molar-refractivity contribution in [2.75, 3.05) is 19.6 Å². The molecule has 2 bridgehead atoms. The predicted molar refractivity (Wildman–Crippen MR) is 84.8 cm³/mol. The number of pyridine rings is 1. The Morgan fingerprint density at radius 1 is 1.48 bits per heavy atom. The molecule has 2 aliphatic heterocycles. The van der Waals surface area contributed by atoms with Crippen LogP contribution >= 0.6 is 11.3 Å². The molecular weight excluding hydrogens is 282 g/mol. The summed E-state index contributed by atoms with van der Waals surface area (Å²) in [6, 6.07) is 4.24. The van der Waals surface area contributed by atoms with Crippen molar-refractivity contribution in [1.29, 1.82) is 0 Å². The van der Waals surface area contributed by atoms with Crippen molar-refractivity contribution in [3.63, 3.8) is 0 Å². The van der Waals surface area contributed by atoms with Gasteiger partial charge in [-0.25, -0.2) is 4.98 Å². The number of nitrogens with zero attached hydrogens (tertiary/aromatic N) is 2. The number of hydrogen-bond donors (Lipinski definition) is 1. The molecule has 0 spiro atoms. The Balaban J connectivity index is 1.53. The second-order valence-electron chi connectivity index (χ2n) is 6.25. The number of thiophene rings is 1. The fourth-order valence-corrected chi connectivity index (χ4v) is 4.51. The molecule has 2 fully saturated rings. The van der Waals surface area contributed by atoms with Gasteiger partial charge in [-0.1, -0.05) is 0 Å². The van der Waals surface area contributed by atoms with Gasteiger partial charge in [0.2, 0.25) is 0 Å². The van der Waals surface area contributed by atoms with E-state index in [0.717, 1.165) is 30.0 Å². The summed E-state index contributed by atoms with van der Waals surface area (Å²) in [5, 5.41) is 6.34. The Hall–Kier alpha value is -1.46. The van der Waals surface area contributed by atoms with Gasteiger partial charge in [-0.2, -0.15) is 0 Å². The number of carbonyl (C=O) groups excluding carboxylic acids is 1. The number of hydrogen-bond acceptors (Lipinski definition) is 4.